The molecule has 0 bridgehead atoms. The Morgan fingerprint density at radius 1 is 1.00 bits per heavy atom. The Labute approximate surface area is 239 Å². The van der Waals surface area contributed by atoms with E-state index in [1.807, 2.05) is 0 Å². The number of sulfonamides is 1. The SMILES string of the molecule is Cl.O=C(c1ccc(S(=O)(=O)N2CCCCCC2)cc1)N(CCCN1CCOCC1)c1nc2c(F)cccc2s1. The number of morpholine rings is 1. The first kappa shape index (κ1) is 29.8. The Morgan fingerprint density at radius 3 is 2.36 bits per heavy atom. The summed E-state index contributed by atoms with van der Waals surface area (Å²) >= 11 is 1.27. The number of nitrogens with zero attached hydrogens (tertiary/aromatic N) is 4. The molecule has 0 unspecified atom stereocenters. The Balaban J connectivity index is 0.00000353. The van der Waals surface area contributed by atoms with Crippen LogP contribution in [-0.2, 0) is 14.8 Å². The number of anilines is 1. The quantitative estimate of drug-likeness (QED) is 0.372. The first-order chi connectivity index (χ1) is 18.4. The number of carbonyl (C=O) groups excluding carboxylic acids is 1. The van der Waals surface area contributed by atoms with E-state index in [1.165, 1.54) is 29.5 Å². The molecule has 1 amide bonds. The van der Waals surface area contributed by atoms with Crippen LogP contribution in [0.15, 0.2) is 47.4 Å². The van der Waals surface area contributed by atoms with Crippen LogP contribution in [0, 0.1) is 5.82 Å². The summed E-state index contributed by atoms with van der Waals surface area (Å²) in [5.41, 5.74) is 0.614. The highest BCUT2D eigenvalue weighted by Gasteiger charge is 2.27. The molecule has 3 heterocycles. The van der Waals surface area contributed by atoms with Crippen molar-refractivity contribution in [3.05, 3.63) is 53.8 Å². The predicted molar refractivity (Wildman–Crippen MR) is 154 cm³/mol. The molecular formula is C27H34ClFN4O4S2. The number of halogens is 2. The van der Waals surface area contributed by atoms with Gasteiger partial charge in [-0.2, -0.15) is 4.31 Å². The number of carbonyl (C=O) groups is 1. The number of amides is 1. The molecule has 2 aromatic carbocycles. The molecule has 5 rings (SSSR count). The predicted octanol–water partition coefficient (Wildman–Crippen LogP) is 4.79. The van der Waals surface area contributed by atoms with Gasteiger partial charge in [-0.15, -0.1) is 12.4 Å². The third-order valence-electron chi connectivity index (χ3n) is 7.10. The number of benzene rings is 2. The lowest BCUT2D eigenvalue weighted by atomic mass is 10.2. The fraction of sp³-hybridized carbons (Fsp3) is 0.481. The molecule has 2 fully saturated rings. The van der Waals surface area contributed by atoms with Gasteiger partial charge >= 0.3 is 0 Å². The van der Waals surface area contributed by atoms with E-state index in [0.29, 0.717) is 54.7 Å². The molecule has 0 atom stereocenters. The van der Waals surface area contributed by atoms with Crippen LogP contribution >= 0.6 is 23.7 Å². The molecule has 12 heteroatoms. The van der Waals surface area contributed by atoms with Crippen molar-refractivity contribution < 1.29 is 22.3 Å². The van der Waals surface area contributed by atoms with Gasteiger partial charge in [0.1, 0.15) is 11.3 Å². The number of thiazole rings is 1. The van der Waals surface area contributed by atoms with E-state index in [0.717, 1.165) is 45.3 Å². The maximum atomic E-state index is 14.4. The maximum Gasteiger partial charge on any atom is 0.260 e. The Morgan fingerprint density at radius 2 is 1.69 bits per heavy atom. The molecule has 0 saturated carbocycles. The van der Waals surface area contributed by atoms with Crippen LogP contribution in [0.4, 0.5) is 9.52 Å². The Hall–Kier alpha value is -2.15. The molecule has 212 valence electrons. The van der Waals surface area contributed by atoms with E-state index >= 15 is 0 Å². The standard InChI is InChI=1S/C27H33FN4O4S2.ClH/c28-23-7-5-8-24-25(23)29-27(37-24)32(16-6-13-30-17-19-36-20-18-30)26(33)21-9-11-22(12-10-21)38(34,35)31-14-3-1-2-4-15-31;/h5,7-12H,1-4,6,13-20H2;1H. The fourth-order valence-electron chi connectivity index (χ4n) is 4.94. The summed E-state index contributed by atoms with van der Waals surface area (Å²) in [5, 5.41) is 0.429. The molecule has 2 aliphatic rings. The monoisotopic (exact) mass is 596 g/mol. The van der Waals surface area contributed by atoms with Crippen molar-refractivity contribution in [3.8, 4) is 0 Å². The minimum absolute atomic E-state index is 0. The van der Waals surface area contributed by atoms with Gasteiger partial charge in [0, 0.05) is 44.8 Å². The molecular weight excluding hydrogens is 563 g/mol. The molecule has 2 saturated heterocycles. The van der Waals surface area contributed by atoms with Gasteiger partial charge in [-0.1, -0.05) is 30.2 Å². The normalized spacial score (nSPS) is 17.5. The van der Waals surface area contributed by atoms with Crippen LogP contribution in [0.25, 0.3) is 10.2 Å². The first-order valence-corrected chi connectivity index (χ1v) is 15.5. The van der Waals surface area contributed by atoms with Gasteiger partial charge < -0.3 is 4.74 Å². The van der Waals surface area contributed by atoms with Gasteiger partial charge in [-0.05, 0) is 55.7 Å². The summed E-state index contributed by atoms with van der Waals surface area (Å²) in [6.45, 7) is 5.37. The van der Waals surface area contributed by atoms with Crippen LogP contribution < -0.4 is 4.90 Å². The third kappa shape index (κ3) is 6.96. The molecule has 8 nitrogen and oxygen atoms in total. The van der Waals surface area contributed by atoms with E-state index in [2.05, 4.69) is 9.88 Å². The average Bonchev–Trinajstić information content (AvgIpc) is 3.17. The summed E-state index contributed by atoms with van der Waals surface area (Å²) in [4.78, 5) is 22.2. The number of fused-ring (bicyclic) bond motifs is 1. The first-order valence-electron chi connectivity index (χ1n) is 13.2. The lowest BCUT2D eigenvalue weighted by Crippen LogP contribution is -2.39. The molecule has 39 heavy (non-hydrogen) atoms. The lowest BCUT2D eigenvalue weighted by Gasteiger charge is -2.27. The van der Waals surface area contributed by atoms with Crippen LogP contribution in [0.3, 0.4) is 0 Å². The second-order valence-corrected chi connectivity index (χ2v) is 12.6. The summed E-state index contributed by atoms with van der Waals surface area (Å²) < 4.78 is 48.4. The lowest BCUT2D eigenvalue weighted by molar-refractivity contribution is 0.0376. The zero-order valence-corrected chi connectivity index (χ0v) is 24.2. The zero-order chi connectivity index (χ0) is 26.5. The van der Waals surface area contributed by atoms with Crippen LogP contribution in [0.1, 0.15) is 42.5 Å². The number of hydrogen-bond donors (Lipinski definition) is 0. The van der Waals surface area contributed by atoms with Crippen molar-refractivity contribution in [3.63, 3.8) is 0 Å². The van der Waals surface area contributed by atoms with Crippen LogP contribution in [0.5, 0.6) is 0 Å². The molecule has 0 spiro atoms. The van der Waals surface area contributed by atoms with Gasteiger partial charge in [-0.3, -0.25) is 14.6 Å². The second kappa shape index (κ2) is 13.5. The molecule has 0 aliphatic carbocycles. The number of ether oxygens (including phenoxy) is 1. The Bertz CT molecular complexity index is 1360. The zero-order valence-electron chi connectivity index (χ0n) is 21.8. The Kier molecular flexibility index (Phi) is 10.3. The van der Waals surface area contributed by atoms with Crippen molar-refractivity contribution in [1.82, 2.24) is 14.2 Å². The maximum absolute atomic E-state index is 14.4. The average molecular weight is 597 g/mol. The number of para-hydroxylation sites is 1. The second-order valence-electron chi connectivity index (χ2n) is 9.69. The third-order valence-corrected chi connectivity index (χ3v) is 10.1. The van der Waals surface area contributed by atoms with E-state index in [1.54, 1.807) is 33.5 Å². The van der Waals surface area contributed by atoms with Crippen LogP contribution in [0.2, 0.25) is 0 Å². The molecule has 3 aromatic rings. The van der Waals surface area contributed by atoms with E-state index in [9.17, 15) is 17.6 Å². The van der Waals surface area contributed by atoms with Gasteiger partial charge in [0.2, 0.25) is 10.0 Å². The molecule has 0 radical (unpaired) electrons. The number of hydrogen-bond acceptors (Lipinski definition) is 7. The van der Waals surface area contributed by atoms with Crippen molar-refractivity contribution in [2.45, 2.75) is 37.0 Å². The van der Waals surface area contributed by atoms with E-state index in [4.69, 9.17) is 4.74 Å². The largest absolute Gasteiger partial charge is 0.379 e. The molecule has 2 aliphatic heterocycles. The number of rotatable bonds is 8. The number of aromatic nitrogens is 1. The van der Waals surface area contributed by atoms with Gasteiger partial charge in [0.15, 0.2) is 5.13 Å². The van der Waals surface area contributed by atoms with Gasteiger partial charge in [-0.25, -0.2) is 17.8 Å². The fourth-order valence-corrected chi connectivity index (χ4v) is 7.46. The summed E-state index contributed by atoms with van der Waals surface area (Å²) in [6, 6.07) is 10.9. The van der Waals surface area contributed by atoms with E-state index in [-0.39, 0.29) is 28.7 Å². The van der Waals surface area contributed by atoms with Crippen molar-refractivity contribution >= 4 is 55.0 Å². The summed E-state index contributed by atoms with van der Waals surface area (Å²) in [6.07, 6.45) is 4.51. The summed E-state index contributed by atoms with van der Waals surface area (Å²) in [5.74, 6) is -0.709. The highest BCUT2D eigenvalue weighted by atomic mass is 35.5. The minimum Gasteiger partial charge on any atom is -0.379 e. The molecule has 0 N–H and O–H groups in total. The van der Waals surface area contributed by atoms with Crippen molar-refractivity contribution in [2.24, 2.45) is 0 Å². The smallest absolute Gasteiger partial charge is 0.260 e. The molecule has 1 aromatic heterocycles. The highest BCUT2D eigenvalue weighted by molar-refractivity contribution is 7.89. The van der Waals surface area contributed by atoms with Crippen molar-refractivity contribution in [1.29, 1.82) is 0 Å². The highest BCUT2D eigenvalue weighted by Crippen LogP contribution is 2.31. The van der Waals surface area contributed by atoms with Crippen LogP contribution in [-0.4, -0.2) is 81.0 Å². The van der Waals surface area contributed by atoms with Crippen molar-refractivity contribution in [2.75, 3.05) is 57.4 Å². The topological polar surface area (TPSA) is 83.1 Å². The van der Waals surface area contributed by atoms with Gasteiger partial charge in [0.05, 0.1) is 22.8 Å². The van der Waals surface area contributed by atoms with E-state index < -0.39 is 15.8 Å². The minimum atomic E-state index is -3.61. The van der Waals surface area contributed by atoms with Gasteiger partial charge in [0.25, 0.3) is 5.91 Å². The summed E-state index contributed by atoms with van der Waals surface area (Å²) in [7, 11) is -3.61.